The molecule has 27 heavy (non-hydrogen) atoms. The maximum atomic E-state index is 13.5. The third-order valence-corrected chi connectivity index (χ3v) is 4.98. The van der Waals surface area contributed by atoms with Crippen LogP contribution in [0.25, 0.3) is 6.08 Å². The number of allylic oxidation sites excluding steroid dienone is 1. The summed E-state index contributed by atoms with van der Waals surface area (Å²) in [4.78, 5) is 11.5. The van der Waals surface area contributed by atoms with Crippen molar-refractivity contribution in [3.8, 4) is 0 Å². The van der Waals surface area contributed by atoms with Gasteiger partial charge in [-0.2, -0.15) is 13.2 Å². The first kappa shape index (κ1) is 21.6. The fourth-order valence-corrected chi connectivity index (χ4v) is 3.49. The van der Waals surface area contributed by atoms with E-state index in [9.17, 15) is 22.4 Å². The molecule has 2 rings (SSSR count). The van der Waals surface area contributed by atoms with E-state index in [1.165, 1.54) is 36.0 Å². The van der Waals surface area contributed by atoms with Crippen molar-refractivity contribution in [3.63, 3.8) is 0 Å². The van der Waals surface area contributed by atoms with Crippen molar-refractivity contribution in [1.29, 1.82) is 0 Å². The van der Waals surface area contributed by atoms with Crippen LogP contribution in [-0.4, -0.2) is 23.5 Å². The first-order chi connectivity index (χ1) is 12.5. The lowest BCUT2D eigenvalue weighted by Crippen LogP contribution is -2.19. The summed E-state index contributed by atoms with van der Waals surface area (Å²) in [5, 5.41) is 8.09. The molecule has 0 aliphatic carbocycles. The van der Waals surface area contributed by atoms with Crippen molar-refractivity contribution in [2.24, 2.45) is 0 Å². The van der Waals surface area contributed by atoms with E-state index < -0.39 is 33.9 Å². The summed E-state index contributed by atoms with van der Waals surface area (Å²) in [6.07, 6.45) is -0.894. The van der Waals surface area contributed by atoms with Gasteiger partial charge >= 0.3 is 12.1 Å². The molecule has 0 saturated heterocycles. The number of carboxylic acid groups (broad SMARTS) is 1. The molecule has 0 aliphatic heterocycles. The van der Waals surface area contributed by atoms with Gasteiger partial charge in [0, 0.05) is 4.90 Å². The second-order valence-corrected chi connectivity index (χ2v) is 7.10. The topological polar surface area (TPSA) is 37.3 Å². The number of alkyl halides is 3. The SMILES string of the molecule is CSc1cc(C=CC(c2cc(Cl)c(F)c(Cl)c2)C(F)(F)F)ccc1C(=O)O. The Balaban J connectivity index is 2.45. The molecule has 2 aromatic carbocycles. The van der Waals surface area contributed by atoms with Gasteiger partial charge in [-0.25, -0.2) is 9.18 Å². The molecule has 0 fully saturated rings. The molecule has 0 aromatic heterocycles. The van der Waals surface area contributed by atoms with Gasteiger partial charge in [-0.05, 0) is 41.6 Å². The van der Waals surface area contributed by atoms with Crippen LogP contribution < -0.4 is 0 Å². The van der Waals surface area contributed by atoms with Crippen molar-refractivity contribution in [2.75, 3.05) is 6.26 Å². The largest absolute Gasteiger partial charge is 0.478 e. The molecule has 0 heterocycles. The number of aromatic carboxylic acids is 1. The maximum Gasteiger partial charge on any atom is 0.399 e. The lowest BCUT2D eigenvalue weighted by molar-refractivity contribution is -0.139. The fraction of sp³-hybridized carbons (Fsp3) is 0.167. The zero-order valence-corrected chi connectivity index (χ0v) is 16.0. The second kappa shape index (κ2) is 8.54. The van der Waals surface area contributed by atoms with E-state index in [0.717, 1.165) is 18.2 Å². The Morgan fingerprint density at radius 2 is 1.78 bits per heavy atom. The zero-order chi connectivity index (χ0) is 20.4. The van der Waals surface area contributed by atoms with Gasteiger partial charge in [-0.3, -0.25) is 0 Å². The van der Waals surface area contributed by atoms with Crippen LogP contribution in [0.15, 0.2) is 41.3 Å². The minimum absolute atomic E-state index is 0.0594. The molecule has 0 bridgehead atoms. The van der Waals surface area contributed by atoms with Crippen LogP contribution in [-0.2, 0) is 0 Å². The average Bonchev–Trinajstić information content (AvgIpc) is 2.58. The lowest BCUT2D eigenvalue weighted by Gasteiger charge is -2.18. The highest BCUT2D eigenvalue weighted by Crippen LogP contribution is 2.39. The van der Waals surface area contributed by atoms with E-state index in [2.05, 4.69) is 0 Å². The standard InChI is InChI=1S/C18H12Cl2F4O2S/c1-27-15-6-9(2-4-11(15)17(25)26)3-5-12(18(22,23)24)10-7-13(19)16(21)14(20)8-10/h2-8,12H,1H3,(H,25,26). The molecular formula is C18H12Cl2F4O2S. The first-order valence-corrected chi connectivity index (χ1v) is 9.33. The summed E-state index contributed by atoms with van der Waals surface area (Å²) in [5.74, 6) is -4.18. The number of thioether (sulfide) groups is 1. The predicted molar refractivity (Wildman–Crippen MR) is 99.4 cm³/mol. The molecule has 1 atom stereocenters. The van der Waals surface area contributed by atoms with Gasteiger partial charge in [-0.15, -0.1) is 11.8 Å². The molecule has 0 radical (unpaired) electrons. The molecule has 1 N–H and O–H groups in total. The molecule has 1 unspecified atom stereocenters. The maximum absolute atomic E-state index is 13.5. The van der Waals surface area contributed by atoms with Crippen LogP contribution in [0.3, 0.4) is 0 Å². The monoisotopic (exact) mass is 438 g/mol. The van der Waals surface area contributed by atoms with Gasteiger partial charge in [0.2, 0.25) is 0 Å². The summed E-state index contributed by atoms with van der Waals surface area (Å²) < 4.78 is 53.9. The number of hydrogen-bond acceptors (Lipinski definition) is 2. The van der Waals surface area contributed by atoms with E-state index in [-0.39, 0.29) is 11.1 Å². The third-order valence-electron chi connectivity index (χ3n) is 3.66. The third kappa shape index (κ3) is 5.18. The Kier molecular flexibility index (Phi) is 6.83. The van der Waals surface area contributed by atoms with E-state index in [0.29, 0.717) is 10.5 Å². The number of rotatable bonds is 5. The van der Waals surface area contributed by atoms with Gasteiger partial charge in [0.05, 0.1) is 21.5 Å². The van der Waals surface area contributed by atoms with Crippen LogP contribution in [0, 0.1) is 5.82 Å². The van der Waals surface area contributed by atoms with E-state index in [4.69, 9.17) is 28.3 Å². The Hall–Kier alpha value is -1.70. The van der Waals surface area contributed by atoms with Crippen molar-refractivity contribution in [1.82, 2.24) is 0 Å². The molecule has 2 aromatic rings. The van der Waals surface area contributed by atoms with E-state index >= 15 is 0 Å². The summed E-state index contributed by atoms with van der Waals surface area (Å²) in [5.41, 5.74) is 0.143. The number of benzene rings is 2. The van der Waals surface area contributed by atoms with Crippen LogP contribution in [0.5, 0.6) is 0 Å². The summed E-state index contributed by atoms with van der Waals surface area (Å²) in [6, 6.07) is 5.96. The van der Waals surface area contributed by atoms with Crippen molar-refractivity contribution in [3.05, 3.63) is 69.0 Å². The molecule has 9 heteroatoms. The summed E-state index contributed by atoms with van der Waals surface area (Å²) >= 11 is 12.4. The number of carbonyl (C=O) groups is 1. The van der Waals surface area contributed by atoms with E-state index in [1.807, 2.05) is 0 Å². The Labute approximate surface area is 166 Å². The van der Waals surface area contributed by atoms with Gasteiger partial charge in [0.15, 0.2) is 5.82 Å². The fourth-order valence-electron chi connectivity index (χ4n) is 2.36. The lowest BCUT2D eigenvalue weighted by atomic mass is 9.97. The van der Waals surface area contributed by atoms with Crippen LogP contribution >= 0.6 is 35.0 Å². The molecule has 144 valence electrons. The van der Waals surface area contributed by atoms with Crippen LogP contribution in [0.1, 0.15) is 27.4 Å². The second-order valence-electron chi connectivity index (χ2n) is 5.44. The molecule has 0 amide bonds. The minimum atomic E-state index is -4.66. The highest BCUT2D eigenvalue weighted by atomic mass is 35.5. The highest BCUT2D eigenvalue weighted by molar-refractivity contribution is 7.98. The average molecular weight is 439 g/mol. The molecular weight excluding hydrogens is 427 g/mol. The van der Waals surface area contributed by atoms with E-state index in [1.54, 1.807) is 6.26 Å². The van der Waals surface area contributed by atoms with Gasteiger partial charge < -0.3 is 5.11 Å². The Morgan fingerprint density at radius 3 is 2.26 bits per heavy atom. The van der Waals surface area contributed by atoms with Crippen molar-refractivity contribution >= 4 is 47.0 Å². The zero-order valence-electron chi connectivity index (χ0n) is 13.7. The predicted octanol–water partition coefficient (Wildman–Crippen LogP) is 6.91. The number of carboxylic acids is 1. The number of hydrogen-bond donors (Lipinski definition) is 1. The smallest absolute Gasteiger partial charge is 0.399 e. The van der Waals surface area contributed by atoms with Gasteiger partial charge in [-0.1, -0.05) is 41.4 Å². The van der Waals surface area contributed by atoms with Crippen molar-refractivity contribution < 1.29 is 27.5 Å². The summed E-state index contributed by atoms with van der Waals surface area (Å²) in [6.45, 7) is 0. The van der Waals surface area contributed by atoms with Gasteiger partial charge in [0.1, 0.15) is 0 Å². The molecule has 0 aliphatic rings. The first-order valence-electron chi connectivity index (χ1n) is 7.35. The minimum Gasteiger partial charge on any atom is -0.478 e. The molecule has 0 saturated carbocycles. The Morgan fingerprint density at radius 1 is 1.19 bits per heavy atom. The Bertz CT molecular complexity index is 874. The molecule has 2 nitrogen and oxygen atoms in total. The van der Waals surface area contributed by atoms with Crippen molar-refractivity contribution in [2.45, 2.75) is 17.0 Å². The molecule has 0 spiro atoms. The van der Waals surface area contributed by atoms with Crippen LogP contribution in [0.4, 0.5) is 17.6 Å². The quantitative estimate of drug-likeness (QED) is 0.313. The van der Waals surface area contributed by atoms with Gasteiger partial charge in [0.25, 0.3) is 0 Å². The summed E-state index contributed by atoms with van der Waals surface area (Å²) in [7, 11) is 0. The highest BCUT2D eigenvalue weighted by Gasteiger charge is 2.39. The van der Waals surface area contributed by atoms with Crippen LogP contribution in [0.2, 0.25) is 10.0 Å². The normalized spacial score (nSPS) is 13.1. The number of halogens is 6.